The summed E-state index contributed by atoms with van der Waals surface area (Å²) >= 11 is 0. The lowest BCUT2D eigenvalue weighted by Crippen LogP contribution is -1.98. The minimum absolute atomic E-state index is 0.356. The Hall–Kier alpha value is -3.07. The topological polar surface area (TPSA) is 39.4 Å². The van der Waals surface area contributed by atoms with Gasteiger partial charge in [-0.3, -0.25) is 0 Å². The van der Waals surface area contributed by atoms with Crippen LogP contribution in [0.5, 0.6) is 5.75 Å². The smallest absolute Gasteiger partial charge is 0.336 e. The Morgan fingerprint density at radius 3 is 2.65 bits per heavy atom. The number of benzene rings is 3. The van der Waals surface area contributed by atoms with Crippen molar-refractivity contribution in [1.29, 1.82) is 0 Å². The Morgan fingerprint density at radius 1 is 0.913 bits per heavy atom. The molecule has 0 aliphatic heterocycles. The Morgan fingerprint density at radius 2 is 1.78 bits per heavy atom. The summed E-state index contributed by atoms with van der Waals surface area (Å²) in [4.78, 5) is 12.0. The van der Waals surface area contributed by atoms with Gasteiger partial charge < -0.3 is 9.15 Å². The Balaban J connectivity index is 2.16. The third kappa shape index (κ3) is 2.27. The first kappa shape index (κ1) is 13.6. The second-order valence-corrected chi connectivity index (χ2v) is 5.37. The van der Waals surface area contributed by atoms with Crippen LogP contribution in [-0.2, 0) is 0 Å². The third-order valence-electron chi connectivity index (χ3n) is 4.01. The van der Waals surface area contributed by atoms with Crippen LogP contribution < -0.4 is 10.4 Å². The molecule has 0 fully saturated rings. The summed E-state index contributed by atoms with van der Waals surface area (Å²) in [6, 6.07) is 21.1. The maximum Gasteiger partial charge on any atom is 0.336 e. The molecule has 0 aliphatic carbocycles. The van der Waals surface area contributed by atoms with Gasteiger partial charge in [-0.1, -0.05) is 42.5 Å². The first-order chi connectivity index (χ1) is 11.3. The lowest BCUT2D eigenvalue weighted by molar-refractivity contribution is 0.415. The fourth-order valence-corrected chi connectivity index (χ4v) is 2.96. The van der Waals surface area contributed by atoms with E-state index in [2.05, 4.69) is 6.07 Å². The zero-order valence-corrected chi connectivity index (χ0v) is 12.6. The number of fused-ring (bicyclic) bond motifs is 3. The van der Waals surface area contributed by atoms with Crippen molar-refractivity contribution in [2.24, 2.45) is 0 Å². The van der Waals surface area contributed by atoms with Crippen LogP contribution in [0.1, 0.15) is 0 Å². The van der Waals surface area contributed by atoms with Gasteiger partial charge in [0.15, 0.2) is 0 Å². The van der Waals surface area contributed by atoms with Crippen molar-refractivity contribution >= 4 is 21.7 Å². The van der Waals surface area contributed by atoms with Crippen molar-refractivity contribution in [2.75, 3.05) is 7.11 Å². The number of rotatable bonds is 2. The average molecular weight is 302 g/mol. The van der Waals surface area contributed by atoms with Crippen LogP contribution in [0, 0.1) is 0 Å². The molecule has 0 spiro atoms. The summed E-state index contributed by atoms with van der Waals surface area (Å²) in [7, 11) is 1.63. The van der Waals surface area contributed by atoms with E-state index in [1.807, 2.05) is 54.6 Å². The summed E-state index contributed by atoms with van der Waals surface area (Å²) in [6.45, 7) is 0. The molecule has 0 atom stereocenters. The van der Waals surface area contributed by atoms with E-state index in [4.69, 9.17) is 9.15 Å². The lowest BCUT2D eigenvalue weighted by atomic mass is 9.97. The largest absolute Gasteiger partial charge is 0.497 e. The fraction of sp³-hybridized carbons (Fsp3) is 0.0500. The monoisotopic (exact) mass is 302 g/mol. The Kier molecular flexibility index (Phi) is 3.12. The van der Waals surface area contributed by atoms with E-state index in [9.17, 15) is 4.79 Å². The van der Waals surface area contributed by atoms with Gasteiger partial charge >= 0.3 is 5.63 Å². The van der Waals surface area contributed by atoms with Crippen LogP contribution >= 0.6 is 0 Å². The van der Waals surface area contributed by atoms with Gasteiger partial charge in [0.1, 0.15) is 11.3 Å². The molecule has 0 amide bonds. The molecule has 0 saturated carbocycles. The van der Waals surface area contributed by atoms with Gasteiger partial charge in [-0.05, 0) is 34.5 Å². The number of hydrogen-bond acceptors (Lipinski definition) is 3. The average Bonchev–Trinajstić information content (AvgIpc) is 2.60. The number of hydrogen-bond donors (Lipinski definition) is 0. The summed E-state index contributed by atoms with van der Waals surface area (Å²) in [5.41, 5.74) is 2.02. The molecule has 1 aromatic heterocycles. The van der Waals surface area contributed by atoms with Crippen molar-refractivity contribution in [2.45, 2.75) is 0 Å². The molecule has 0 unspecified atom stereocenters. The molecule has 3 heteroatoms. The maximum absolute atomic E-state index is 12.0. The molecule has 4 aromatic rings. The summed E-state index contributed by atoms with van der Waals surface area (Å²) < 4.78 is 10.7. The molecule has 112 valence electrons. The molecular formula is C20H14O3. The van der Waals surface area contributed by atoms with Gasteiger partial charge in [-0.2, -0.15) is 0 Å². The molecule has 3 aromatic carbocycles. The zero-order valence-electron chi connectivity index (χ0n) is 12.6. The summed E-state index contributed by atoms with van der Waals surface area (Å²) in [6.07, 6.45) is 0. The molecule has 0 aliphatic rings. The number of ether oxygens (including phenoxy) is 1. The minimum Gasteiger partial charge on any atom is -0.497 e. The van der Waals surface area contributed by atoms with Gasteiger partial charge in [-0.15, -0.1) is 0 Å². The van der Waals surface area contributed by atoms with Crippen molar-refractivity contribution in [3.05, 3.63) is 77.2 Å². The van der Waals surface area contributed by atoms with E-state index in [-0.39, 0.29) is 5.63 Å². The van der Waals surface area contributed by atoms with E-state index in [0.717, 1.165) is 33.0 Å². The van der Waals surface area contributed by atoms with E-state index >= 15 is 0 Å². The van der Waals surface area contributed by atoms with E-state index in [1.54, 1.807) is 13.2 Å². The molecule has 4 rings (SSSR count). The highest BCUT2D eigenvalue weighted by molar-refractivity contribution is 6.12. The molecule has 0 N–H and O–H groups in total. The Labute approximate surface area is 132 Å². The number of methoxy groups -OCH3 is 1. The summed E-state index contributed by atoms with van der Waals surface area (Å²) in [5, 5.41) is 3.11. The van der Waals surface area contributed by atoms with Crippen LogP contribution in [-0.4, -0.2) is 7.11 Å². The quantitative estimate of drug-likeness (QED) is 0.400. The highest BCUT2D eigenvalue weighted by Gasteiger charge is 2.11. The second kappa shape index (κ2) is 5.29. The van der Waals surface area contributed by atoms with Crippen molar-refractivity contribution in [3.8, 4) is 16.9 Å². The molecule has 0 bridgehead atoms. The van der Waals surface area contributed by atoms with Crippen LogP contribution in [0.2, 0.25) is 0 Å². The minimum atomic E-state index is -0.356. The highest BCUT2D eigenvalue weighted by Crippen LogP contribution is 2.34. The van der Waals surface area contributed by atoms with Gasteiger partial charge in [0.25, 0.3) is 0 Å². The fourth-order valence-electron chi connectivity index (χ4n) is 2.96. The standard InChI is InChI=1S/C20H14O3/c1-22-15-7-4-6-14(11-15)17-12-19(21)23-18-10-9-13-5-2-3-8-16(13)20(17)18/h2-12H,1H3. The predicted molar refractivity (Wildman–Crippen MR) is 92.0 cm³/mol. The SMILES string of the molecule is COc1cccc(-c2cc(=O)oc3ccc4ccccc4c23)c1. The van der Waals surface area contributed by atoms with Gasteiger partial charge in [0, 0.05) is 17.0 Å². The predicted octanol–water partition coefficient (Wildman–Crippen LogP) is 4.62. The van der Waals surface area contributed by atoms with Gasteiger partial charge in [0.05, 0.1) is 7.11 Å². The summed E-state index contributed by atoms with van der Waals surface area (Å²) in [5.74, 6) is 0.754. The molecule has 3 nitrogen and oxygen atoms in total. The van der Waals surface area contributed by atoms with Crippen molar-refractivity contribution in [1.82, 2.24) is 0 Å². The van der Waals surface area contributed by atoms with Gasteiger partial charge in [0.2, 0.25) is 0 Å². The van der Waals surface area contributed by atoms with E-state index in [0.29, 0.717) is 5.58 Å². The van der Waals surface area contributed by atoms with Crippen molar-refractivity contribution < 1.29 is 9.15 Å². The van der Waals surface area contributed by atoms with Crippen LogP contribution in [0.4, 0.5) is 0 Å². The Bertz CT molecular complexity index is 1080. The maximum atomic E-state index is 12.0. The molecule has 1 heterocycles. The second-order valence-electron chi connectivity index (χ2n) is 5.37. The molecule has 23 heavy (non-hydrogen) atoms. The zero-order chi connectivity index (χ0) is 15.8. The third-order valence-corrected chi connectivity index (χ3v) is 4.01. The first-order valence-electron chi connectivity index (χ1n) is 7.36. The highest BCUT2D eigenvalue weighted by atomic mass is 16.5. The normalized spacial score (nSPS) is 11.0. The molecule has 0 saturated heterocycles. The van der Waals surface area contributed by atoms with Crippen molar-refractivity contribution in [3.63, 3.8) is 0 Å². The molecular weight excluding hydrogens is 288 g/mol. The first-order valence-corrected chi connectivity index (χ1v) is 7.36. The van der Waals surface area contributed by atoms with E-state index < -0.39 is 0 Å². The van der Waals surface area contributed by atoms with E-state index in [1.165, 1.54) is 0 Å². The van der Waals surface area contributed by atoms with Crippen LogP contribution in [0.25, 0.3) is 32.9 Å². The lowest BCUT2D eigenvalue weighted by Gasteiger charge is -2.10. The van der Waals surface area contributed by atoms with Crippen LogP contribution in [0.3, 0.4) is 0 Å². The van der Waals surface area contributed by atoms with Gasteiger partial charge in [-0.25, -0.2) is 4.79 Å². The van der Waals surface area contributed by atoms with Crippen LogP contribution in [0.15, 0.2) is 75.9 Å². The molecule has 0 radical (unpaired) electrons.